The quantitative estimate of drug-likeness (QED) is 0.121. The first-order chi connectivity index (χ1) is 16.6. The molecule has 5 rings (SSSR count). The number of halogens is 1. The van der Waals surface area contributed by atoms with Gasteiger partial charge in [-0.05, 0) is 85.4 Å². The Bertz CT molecular complexity index is 926. The Morgan fingerprint density at radius 2 is 1.92 bits per heavy atom. The summed E-state index contributed by atoms with van der Waals surface area (Å²) < 4.78 is 19.6. The van der Waals surface area contributed by atoms with Crippen LogP contribution < -0.4 is 0 Å². The molecule has 0 aromatic rings. The van der Waals surface area contributed by atoms with E-state index in [1.54, 1.807) is 6.92 Å². The van der Waals surface area contributed by atoms with Gasteiger partial charge in [0.25, 0.3) is 0 Å². The molecule has 0 aromatic heterocycles. The number of epoxide rings is 1. The van der Waals surface area contributed by atoms with E-state index in [9.17, 15) is 4.79 Å². The zero-order valence-corrected chi connectivity index (χ0v) is 25.8. The van der Waals surface area contributed by atoms with Gasteiger partial charge in [0.2, 0.25) is 0 Å². The highest BCUT2D eigenvalue weighted by Gasteiger charge is 2.70. The van der Waals surface area contributed by atoms with E-state index >= 15 is 0 Å². The fourth-order valence-corrected chi connectivity index (χ4v) is 10.6. The molecule has 1 heterocycles. The molecule has 0 bridgehead atoms. The van der Waals surface area contributed by atoms with Gasteiger partial charge in [-0.3, -0.25) is 4.79 Å². The van der Waals surface area contributed by atoms with Crippen molar-refractivity contribution in [1.82, 2.24) is 0 Å². The van der Waals surface area contributed by atoms with E-state index in [2.05, 4.69) is 60.7 Å². The van der Waals surface area contributed by atoms with Crippen LogP contribution in [0.1, 0.15) is 80.6 Å². The Labute approximate surface area is 225 Å². The molecule has 3 saturated carbocycles. The van der Waals surface area contributed by atoms with Crippen molar-refractivity contribution in [1.29, 1.82) is 0 Å². The predicted octanol–water partition coefficient (Wildman–Crippen LogP) is 7.36. The van der Waals surface area contributed by atoms with E-state index in [1.165, 1.54) is 31.3 Å². The number of ether oxygens (including phenoxy) is 2. The third kappa shape index (κ3) is 4.00. The maximum absolute atomic E-state index is 12.3. The zero-order chi connectivity index (χ0) is 26.4. The lowest BCUT2D eigenvalue weighted by molar-refractivity contribution is -0.158. The maximum Gasteiger partial charge on any atom is 0.303 e. The maximum atomic E-state index is 12.3. The lowest BCUT2D eigenvalue weighted by Gasteiger charge is -2.59. The molecule has 5 aliphatic rings. The number of alkyl halides is 1. The second-order valence-corrected chi connectivity index (χ2v) is 19.9. The van der Waals surface area contributed by atoms with Crippen LogP contribution in [-0.2, 0) is 18.7 Å². The van der Waals surface area contributed by atoms with Crippen molar-refractivity contribution >= 4 is 25.9 Å². The lowest BCUT2D eigenvalue weighted by atomic mass is 9.46. The molecule has 0 amide bonds. The summed E-state index contributed by atoms with van der Waals surface area (Å²) in [5.41, 5.74) is 1.70. The average molecular weight is 537 g/mol. The first kappa shape index (κ1) is 27.2. The van der Waals surface area contributed by atoms with Crippen LogP contribution in [0.4, 0.5) is 0 Å². The van der Waals surface area contributed by atoms with Crippen molar-refractivity contribution in [3.05, 3.63) is 11.6 Å². The summed E-state index contributed by atoms with van der Waals surface area (Å²) in [4.78, 5) is 12.3. The molecule has 4 nitrogen and oxygen atoms in total. The Hall–Kier alpha value is -0.363. The number of esters is 1. The van der Waals surface area contributed by atoms with Crippen molar-refractivity contribution in [2.75, 3.05) is 5.88 Å². The Morgan fingerprint density at radius 3 is 2.53 bits per heavy atom. The van der Waals surface area contributed by atoms with Gasteiger partial charge in [-0.25, -0.2) is 0 Å². The number of rotatable bonds is 5. The minimum Gasteiger partial charge on any atom is -0.458 e. The molecule has 0 spiro atoms. The van der Waals surface area contributed by atoms with E-state index in [1.807, 2.05) is 0 Å². The molecular weight excluding hydrogens is 488 g/mol. The van der Waals surface area contributed by atoms with Crippen LogP contribution in [-0.4, -0.2) is 44.6 Å². The van der Waals surface area contributed by atoms with Gasteiger partial charge in [0.1, 0.15) is 12.2 Å². The van der Waals surface area contributed by atoms with Crippen molar-refractivity contribution in [3.63, 3.8) is 0 Å². The minimum atomic E-state index is -1.92. The lowest BCUT2D eigenvalue weighted by Crippen LogP contribution is -2.58. The summed E-state index contributed by atoms with van der Waals surface area (Å²) in [6, 6.07) is 0. The molecular formula is C30H49ClO4Si. The highest BCUT2D eigenvalue weighted by molar-refractivity contribution is 6.74. The molecule has 9 unspecified atom stereocenters. The van der Waals surface area contributed by atoms with Crippen LogP contribution in [0.3, 0.4) is 0 Å². The first-order valence-electron chi connectivity index (χ1n) is 14.4. The summed E-state index contributed by atoms with van der Waals surface area (Å²) in [5, 5.41) is 0.164. The van der Waals surface area contributed by atoms with Gasteiger partial charge in [0.05, 0.1) is 12.2 Å². The van der Waals surface area contributed by atoms with Crippen LogP contribution in [0.5, 0.6) is 0 Å². The number of hydrogen-bond donors (Lipinski definition) is 0. The van der Waals surface area contributed by atoms with Crippen molar-refractivity contribution in [2.24, 2.45) is 40.4 Å². The number of hydrogen-bond acceptors (Lipinski definition) is 4. The van der Waals surface area contributed by atoms with Crippen LogP contribution in [0, 0.1) is 40.4 Å². The van der Waals surface area contributed by atoms with Crippen molar-refractivity contribution in [3.8, 4) is 0 Å². The molecule has 36 heavy (non-hydrogen) atoms. The van der Waals surface area contributed by atoms with Gasteiger partial charge in [-0.15, -0.1) is 11.6 Å². The van der Waals surface area contributed by atoms with Crippen molar-refractivity contribution in [2.45, 2.75) is 123 Å². The molecule has 1 aliphatic heterocycles. The Morgan fingerprint density at radius 1 is 1.22 bits per heavy atom. The molecule has 0 radical (unpaired) electrons. The summed E-state index contributed by atoms with van der Waals surface area (Å²) in [6.45, 7) is 20.5. The highest BCUT2D eigenvalue weighted by Crippen LogP contribution is 2.69. The molecule has 11 atom stereocenters. The van der Waals surface area contributed by atoms with Gasteiger partial charge in [-0.2, -0.15) is 0 Å². The third-order valence-electron chi connectivity index (χ3n) is 12.0. The standard InChI is InChI=1S/C30H49ClO4Si/c1-17(16-31)20-10-11-21-25-22(12-13-29(20,21)6)30(7)19(14-23(25)33-18(2)32)15-24(26-27(30)34-26)35-36(8,9)28(3,4)5/h14,17,20-27H,10-13,15-16H2,1-9H3/t17?,20?,21?,22?,23?,24?,25?,26?,27?,29-,30+/m1/s1. The summed E-state index contributed by atoms with van der Waals surface area (Å²) in [5.74, 6) is 3.13. The second kappa shape index (κ2) is 8.83. The fourth-order valence-electron chi connectivity index (χ4n) is 9.03. The van der Waals surface area contributed by atoms with Gasteiger partial charge in [0.15, 0.2) is 8.32 Å². The van der Waals surface area contributed by atoms with Gasteiger partial charge < -0.3 is 13.9 Å². The predicted molar refractivity (Wildman–Crippen MR) is 148 cm³/mol. The van der Waals surface area contributed by atoms with Crippen LogP contribution in [0.25, 0.3) is 0 Å². The molecule has 6 heteroatoms. The first-order valence-corrected chi connectivity index (χ1v) is 17.9. The smallest absolute Gasteiger partial charge is 0.303 e. The van der Waals surface area contributed by atoms with Crippen molar-refractivity contribution < 1.29 is 18.7 Å². The van der Waals surface area contributed by atoms with Crippen LogP contribution >= 0.6 is 11.6 Å². The summed E-state index contributed by atoms with van der Waals surface area (Å²) >= 11 is 6.38. The van der Waals surface area contributed by atoms with Crippen LogP contribution in [0.2, 0.25) is 18.1 Å². The normalized spacial score (nSPS) is 46.6. The molecule has 1 saturated heterocycles. The second-order valence-electron chi connectivity index (χ2n) is 14.8. The summed E-state index contributed by atoms with van der Waals surface area (Å²) in [6.07, 6.45) is 8.51. The topological polar surface area (TPSA) is 48.1 Å². The number of carbonyl (C=O) groups excluding carboxylic acids is 1. The van der Waals surface area contributed by atoms with E-state index in [4.69, 9.17) is 25.5 Å². The van der Waals surface area contributed by atoms with E-state index in [0.717, 1.165) is 12.3 Å². The molecule has 4 fully saturated rings. The molecule has 204 valence electrons. The van der Waals surface area contributed by atoms with E-state index in [-0.39, 0.29) is 46.3 Å². The van der Waals surface area contributed by atoms with Gasteiger partial charge in [0, 0.05) is 24.1 Å². The Kier molecular flexibility index (Phi) is 6.67. The highest BCUT2D eigenvalue weighted by atomic mass is 35.5. The monoisotopic (exact) mass is 536 g/mol. The van der Waals surface area contributed by atoms with Gasteiger partial charge >= 0.3 is 5.97 Å². The fraction of sp³-hybridized carbons (Fsp3) is 0.900. The molecule has 0 aromatic carbocycles. The molecule has 0 N–H and O–H groups in total. The summed E-state index contributed by atoms with van der Waals surface area (Å²) in [7, 11) is -1.92. The third-order valence-corrected chi connectivity index (χ3v) is 17.0. The Balaban J connectivity index is 1.49. The van der Waals surface area contributed by atoms with Gasteiger partial charge in [-0.1, -0.05) is 47.1 Å². The van der Waals surface area contributed by atoms with E-state index < -0.39 is 8.32 Å². The zero-order valence-electron chi connectivity index (χ0n) is 24.0. The SMILES string of the molecule is CC(=O)OC1C=C2CC(O[Si](C)(C)C(C)(C)C)C3OC3[C@]2(C)C2CC[C@]3(C)C(C(C)CCl)CCC3C12. The van der Waals surface area contributed by atoms with Crippen LogP contribution in [0.15, 0.2) is 11.6 Å². The number of fused-ring (bicyclic) bond motifs is 7. The minimum absolute atomic E-state index is 0.0107. The average Bonchev–Trinajstić information content (AvgIpc) is 3.50. The number of carbonyl (C=O) groups is 1. The molecule has 4 aliphatic carbocycles. The largest absolute Gasteiger partial charge is 0.458 e. The van der Waals surface area contributed by atoms with E-state index in [0.29, 0.717) is 29.6 Å².